The van der Waals surface area contributed by atoms with Crippen LogP contribution in [0, 0.1) is 5.92 Å². The molecule has 5 nitrogen and oxygen atoms in total. The Hall–Kier alpha value is -2.27. The van der Waals surface area contributed by atoms with Crippen LogP contribution in [0.2, 0.25) is 5.02 Å². The number of carbonyl (C=O) groups excluding carboxylic acids is 1. The van der Waals surface area contributed by atoms with E-state index in [1.807, 2.05) is 31.0 Å². The van der Waals surface area contributed by atoms with E-state index in [2.05, 4.69) is 11.2 Å². The summed E-state index contributed by atoms with van der Waals surface area (Å²) < 4.78 is 7.26. The van der Waals surface area contributed by atoms with Crippen LogP contribution in [0.25, 0.3) is 11.3 Å². The molecule has 0 bridgehead atoms. The number of fused-ring (bicyclic) bond motifs is 1. The molecule has 1 aliphatic carbocycles. The van der Waals surface area contributed by atoms with E-state index in [9.17, 15) is 4.79 Å². The lowest BCUT2D eigenvalue weighted by Crippen LogP contribution is -2.39. The molecule has 28 heavy (non-hydrogen) atoms. The van der Waals surface area contributed by atoms with Crippen molar-refractivity contribution in [2.75, 3.05) is 13.2 Å². The average molecular weight is 400 g/mol. The van der Waals surface area contributed by atoms with Gasteiger partial charge in [0.05, 0.1) is 29.1 Å². The van der Waals surface area contributed by atoms with Crippen molar-refractivity contribution in [3.8, 4) is 17.0 Å². The molecular formula is C22H26ClN3O2. The van der Waals surface area contributed by atoms with Gasteiger partial charge in [-0.25, -0.2) is 0 Å². The van der Waals surface area contributed by atoms with Crippen molar-refractivity contribution in [2.24, 2.45) is 13.0 Å². The van der Waals surface area contributed by atoms with E-state index in [4.69, 9.17) is 16.3 Å². The number of carbonyl (C=O) groups is 1. The highest BCUT2D eigenvalue weighted by Crippen LogP contribution is 2.38. The van der Waals surface area contributed by atoms with Crippen LogP contribution in [0.15, 0.2) is 36.2 Å². The van der Waals surface area contributed by atoms with Crippen molar-refractivity contribution in [2.45, 2.75) is 39.0 Å². The van der Waals surface area contributed by atoms with E-state index in [1.54, 1.807) is 16.9 Å². The van der Waals surface area contributed by atoms with E-state index < -0.39 is 0 Å². The highest BCUT2D eigenvalue weighted by atomic mass is 35.5. The summed E-state index contributed by atoms with van der Waals surface area (Å²) in [4.78, 5) is 15.5. The van der Waals surface area contributed by atoms with Gasteiger partial charge in [-0.3, -0.25) is 9.48 Å². The molecule has 148 valence electrons. The maximum absolute atomic E-state index is 13.5. The van der Waals surface area contributed by atoms with Crippen LogP contribution in [0.4, 0.5) is 0 Å². The first kappa shape index (κ1) is 19.1. The Morgan fingerprint density at radius 1 is 1.32 bits per heavy atom. The van der Waals surface area contributed by atoms with Gasteiger partial charge in [0.25, 0.3) is 5.91 Å². The van der Waals surface area contributed by atoms with E-state index in [1.165, 1.54) is 25.0 Å². The molecule has 1 atom stereocenters. The number of benzene rings is 1. The molecule has 4 rings (SSSR count). The number of aryl methyl sites for hydroxylation is 1. The van der Waals surface area contributed by atoms with E-state index in [0.717, 1.165) is 36.4 Å². The largest absolute Gasteiger partial charge is 0.494 e. The molecule has 0 N–H and O–H groups in total. The Kier molecular flexibility index (Phi) is 5.44. The summed E-state index contributed by atoms with van der Waals surface area (Å²) in [6.07, 6.45) is 9.60. The molecule has 1 aliphatic heterocycles. The third kappa shape index (κ3) is 3.44. The Morgan fingerprint density at radius 2 is 2.14 bits per heavy atom. The van der Waals surface area contributed by atoms with Gasteiger partial charge in [-0.1, -0.05) is 17.7 Å². The summed E-state index contributed by atoms with van der Waals surface area (Å²) in [5.41, 5.74) is 3.34. The molecule has 1 aromatic carbocycles. The topological polar surface area (TPSA) is 47.4 Å². The molecule has 2 heterocycles. The number of allylic oxidation sites excluding steroid dienone is 2. The van der Waals surface area contributed by atoms with Crippen LogP contribution in [0.5, 0.6) is 5.75 Å². The van der Waals surface area contributed by atoms with Crippen molar-refractivity contribution in [1.82, 2.24) is 14.7 Å². The fourth-order valence-corrected chi connectivity index (χ4v) is 4.66. The van der Waals surface area contributed by atoms with Gasteiger partial charge in [0, 0.05) is 24.9 Å². The van der Waals surface area contributed by atoms with Gasteiger partial charge in [0.2, 0.25) is 0 Å². The molecule has 0 saturated carbocycles. The minimum atomic E-state index is 0.0194. The van der Waals surface area contributed by atoms with Crippen LogP contribution >= 0.6 is 11.6 Å². The van der Waals surface area contributed by atoms with E-state index >= 15 is 0 Å². The Morgan fingerprint density at radius 3 is 2.93 bits per heavy atom. The van der Waals surface area contributed by atoms with Crippen LogP contribution in [0.3, 0.4) is 0 Å². The van der Waals surface area contributed by atoms with Gasteiger partial charge >= 0.3 is 0 Å². The van der Waals surface area contributed by atoms with Crippen molar-refractivity contribution in [3.63, 3.8) is 0 Å². The number of amides is 1. The van der Waals surface area contributed by atoms with Crippen LogP contribution in [-0.2, 0) is 7.05 Å². The molecule has 0 radical (unpaired) electrons. The molecule has 1 unspecified atom stereocenters. The van der Waals surface area contributed by atoms with Gasteiger partial charge in [-0.2, -0.15) is 5.10 Å². The Labute approximate surface area is 170 Å². The second-order valence-corrected chi connectivity index (χ2v) is 7.87. The summed E-state index contributed by atoms with van der Waals surface area (Å²) in [6.45, 7) is 3.29. The first-order chi connectivity index (χ1) is 13.6. The molecule has 1 saturated heterocycles. The number of hydrogen-bond donors (Lipinski definition) is 0. The SMILES string of the molecule is CCOc1ccc(-c2c(C(=O)N3CCCC4CCCC=C43)cnn2C)c(Cl)c1. The number of aromatic nitrogens is 2. The molecule has 0 spiro atoms. The first-order valence-corrected chi connectivity index (χ1v) is 10.4. The number of likely N-dealkylation sites (tertiary alicyclic amines) is 1. The summed E-state index contributed by atoms with van der Waals surface area (Å²) >= 11 is 6.54. The summed E-state index contributed by atoms with van der Waals surface area (Å²) in [6, 6.07) is 5.58. The molecule has 2 aliphatic rings. The lowest BCUT2D eigenvalue weighted by atomic mass is 9.84. The number of ether oxygens (including phenoxy) is 1. The smallest absolute Gasteiger partial charge is 0.261 e. The van der Waals surface area contributed by atoms with Crippen molar-refractivity contribution < 1.29 is 9.53 Å². The Bertz CT molecular complexity index is 919. The minimum absolute atomic E-state index is 0.0194. The van der Waals surface area contributed by atoms with Gasteiger partial charge in [0.15, 0.2) is 0 Å². The zero-order valence-electron chi connectivity index (χ0n) is 16.4. The van der Waals surface area contributed by atoms with Gasteiger partial charge in [-0.05, 0) is 63.1 Å². The lowest BCUT2D eigenvalue weighted by Gasteiger charge is -2.38. The first-order valence-electron chi connectivity index (χ1n) is 10.1. The van der Waals surface area contributed by atoms with Crippen molar-refractivity contribution in [3.05, 3.63) is 46.8 Å². The third-order valence-corrected chi connectivity index (χ3v) is 6.01. The summed E-state index contributed by atoms with van der Waals surface area (Å²) in [5.74, 6) is 1.25. The monoisotopic (exact) mass is 399 g/mol. The maximum atomic E-state index is 13.5. The lowest BCUT2D eigenvalue weighted by molar-refractivity contribution is 0.0749. The number of nitrogens with zero attached hydrogens (tertiary/aromatic N) is 3. The Balaban J connectivity index is 1.71. The molecule has 6 heteroatoms. The maximum Gasteiger partial charge on any atom is 0.261 e. The minimum Gasteiger partial charge on any atom is -0.494 e. The number of halogens is 1. The predicted molar refractivity (Wildman–Crippen MR) is 111 cm³/mol. The number of piperidine rings is 1. The quantitative estimate of drug-likeness (QED) is 0.721. The highest BCUT2D eigenvalue weighted by Gasteiger charge is 2.33. The van der Waals surface area contributed by atoms with Gasteiger partial charge in [-0.15, -0.1) is 0 Å². The average Bonchev–Trinajstić information content (AvgIpc) is 3.09. The second kappa shape index (κ2) is 8.00. The normalized spacial score (nSPS) is 19.2. The highest BCUT2D eigenvalue weighted by molar-refractivity contribution is 6.33. The molecule has 1 amide bonds. The second-order valence-electron chi connectivity index (χ2n) is 7.46. The zero-order chi connectivity index (χ0) is 19.7. The van der Waals surface area contributed by atoms with E-state index in [0.29, 0.717) is 23.1 Å². The molecule has 1 fully saturated rings. The summed E-state index contributed by atoms with van der Waals surface area (Å²) in [5, 5.41) is 4.93. The third-order valence-electron chi connectivity index (χ3n) is 5.70. The number of rotatable bonds is 4. The standard InChI is InChI=1S/C22H26ClN3O2/c1-3-28-16-10-11-17(19(23)13-16)21-18(14-24-25(21)2)22(27)26-12-6-8-15-7-4-5-9-20(15)26/h9-11,13-15H,3-8,12H2,1-2H3. The van der Waals surface area contributed by atoms with Crippen LogP contribution in [0.1, 0.15) is 49.4 Å². The van der Waals surface area contributed by atoms with Gasteiger partial charge < -0.3 is 9.64 Å². The van der Waals surface area contributed by atoms with E-state index in [-0.39, 0.29) is 5.91 Å². The van der Waals surface area contributed by atoms with Crippen LogP contribution in [-0.4, -0.2) is 33.7 Å². The zero-order valence-corrected chi connectivity index (χ0v) is 17.2. The fourth-order valence-electron chi connectivity index (χ4n) is 4.40. The van der Waals surface area contributed by atoms with Crippen LogP contribution < -0.4 is 4.74 Å². The van der Waals surface area contributed by atoms with Crippen molar-refractivity contribution >= 4 is 17.5 Å². The molecular weight excluding hydrogens is 374 g/mol. The predicted octanol–water partition coefficient (Wildman–Crippen LogP) is 5.06. The fraction of sp³-hybridized carbons (Fsp3) is 0.455. The molecule has 2 aromatic rings. The number of hydrogen-bond acceptors (Lipinski definition) is 3. The summed E-state index contributed by atoms with van der Waals surface area (Å²) in [7, 11) is 1.85. The van der Waals surface area contributed by atoms with Gasteiger partial charge in [0.1, 0.15) is 5.75 Å². The molecule has 1 aromatic heterocycles. The van der Waals surface area contributed by atoms with Crippen molar-refractivity contribution in [1.29, 1.82) is 0 Å².